The van der Waals surface area contributed by atoms with E-state index in [1.807, 2.05) is 0 Å². The molecule has 0 saturated carbocycles. The highest BCUT2D eigenvalue weighted by molar-refractivity contribution is 5.96. The molecule has 0 fully saturated rings. The average molecular weight is 480 g/mol. The number of hydrazone groups is 2. The average Bonchev–Trinajstić information content (AvgIpc) is 3.34. The Balaban J connectivity index is 1.55. The maximum absolute atomic E-state index is 12.2. The Labute approximate surface area is 200 Å². The van der Waals surface area contributed by atoms with Crippen molar-refractivity contribution in [3.63, 3.8) is 0 Å². The van der Waals surface area contributed by atoms with Crippen LogP contribution in [0, 0.1) is 0 Å². The van der Waals surface area contributed by atoms with Crippen LogP contribution in [0.25, 0.3) is 0 Å². The monoisotopic (exact) mass is 480 g/mol. The van der Waals surface area contributed by atoms with Gasteiger partial charge < -0.3 is 24.1 Å². The molecule has 0 radical (unpaired) electrons. The molecule has 0 spiro atoms. The molecule has 0 bridgehead atoms. The number of carbonyl (C=O) groups excluding carboxylic acids is 2. The summed E-state index contributed by atoms with van der Waals surface area (Å²) in [5.41, 5.74) is 5.76. The molecule has 182 valence electrons. The normalized spacial score (nSPS) is 11.0. The third-order valence-corrected chi connectivity index (χ3v) is 4.38. The largest absolute Gasteiger partial charge is 0.504 e. The SMILES string of the molecule is CCOc1cc(C=NNC(=O)c2ccc(C(=O)NN=Cc3ccc(O)c(OCC)c3)o2)ccc1O. The summed E-state index contributed by atoms with van der Waals surface area (Å²) in [4.78, 5) is 24.5. The smallest absolute Gasteiger partial charge is 0.307 e. The van der Waals surface area contributed by atoms with Gasteiger partial charge in [-0.2, -0.15) is 10.2 Å². The maximum atomic E-state index is 12.2. The first-order valence-electron chi connectivity index (χ1n) is 10.6. The third kappa shape index (κ3) is 6.84. The van der Waals surface area contributed by atoms with Gasteiger partial charge in [0, 0.05) is 0 Å². The molecule has 3 rings (SSSR count). The molecular weight excluding hydrogens is 456 g/mol. The highest BCUT2D eigenvalue weighted by Crippen LogP contribution is 2.27. The van der Waals surface area contributed by atoms with Gasteiger partial charge in [-0.15, -0.1) is 0 Å². The van der Waals surface area contributed by atoms with Crippen LogP contribution in [0.2, 0.25) is 0 Å². The molecule has 3 aromatic rings. The number of furan rings is 1. The second-order valence-electron chi connectivity index (χ2n) is 6.88. The van der Waals surface area contributed by atoms with Gasteiger partial charge in [0.15, 0.2) is 34.5 Å². The van der Waals surface area contributed by atoms with E-state index >= 15 is 0 Å². The zero-order valence-corrected chi connectivity index (χ0v) is 19.0. The van der Waals surface area contributed by atoms with Crippen LogP contribution in [-0.4, -0.2) is 47.7 Å². The molecule has 1 aromatic heterocycles. The Kier molecular flexibility index (Phi) is 8.43. The number of aromatic hydroxyl groups is 2. The van der Waals surface area contributed by atoms with Crippen molar-refractivity contribution in [3.8, 4) is 23.0 Å². The predicted octanol–water partition coefficient (Wildman–Crippen LogP) is 3.02. The van der Waals surface area contributed by atoms with Crippen molar-refractivity contribution in [2.75, 3.05) is 13.2 Å². The first-order chi connectivity index (χ1) is 16.9. The molecule has 4 N–H and O–H groups in total. The first kappa shape index (κ1) is 24.8. The molecule has 2 amide bonds. The van der Waals surface area contributed by atoms with E-state index in [4.69, 9.17) is 13.9 Å². The topological polar surface area (TPSA) is 155 Å². The quantitative estimate of drug-likeness (QED) is 0.257. The van der Waals surface area contributed by atoms with Crippen molar-refractivity contribution in [1.82, 2.24) is 10.9 Å². The lowest BCUT2D eigenvalue weighted by Gasteiger charge is -2.06. The van der Waals surface area contributed by atoms with Crippen LogP contribution < -0.4 is 20.3 Å². The summed E-state index contributed by atoms with van der Waals surface area (Å²) in [6.07, 6.45) is 2.73. The summed E-state index contributed by atoms with van der Waals surface area (Å²) >= 11 is 0. The minimum atomic E-state index is -0.667. The van der Waals surface area contributed by atoms with E-state index in [2.05, 4.69) is 21.1 Å². The van der Waals surface area contributed by atoms with Crippen LogP contribution in [0.4, 0.5) is 0 Å². The van der Waals surface area contributed by atoms with Gasteiger partial charge in [-0.1, -0.05) is 0 Å². The highest BCUT2D eigenvalue weighted by atomic mass is 16.5. The highest BCUT2D eigenvalue weighted by Gasteiger charge is 2.15. The van der Waals surface area contributed by atoms with Gasteiger partial charge in [-0.3, -0.25) is 9.59 Å². The number of nitrogens with zero attached hydrogens (tertiary/aromatic N) is 2. The first-order valence-corrected chi connectivity index (χ1v) is 10.6. The minimum absolute atomic E-state index is 0.00270. The van der Waals surface area contributed by atoms with Crippen molar-refractivity contribution in [1.29, 1.82) is 0 Å². The van der Waals surface area contributed by atoms with Crippen molar-refractivity contribution in [2.45, 2.75) is 13.8 Å². The fourth-order valence-corrected chi connectivity index (χ4v) is 2.79. The number of amides is 2. The molecule has 35 heavy (non-hydrogen) atoms. The third-order valence-electron chi connectivity index (χ3n) is 4.38. The van der Waals surface area contributed by atoms with Gasteiger partial charge in [0.05, 0.1) is 25.6 Å². The Morgan fingerprint density at radius 3 is 1.63 bits per heavy atom. The molecule has 0 aliphatic rings. The summed E-state index contributed by atoms with van der Waals surface area (Å²) in [6, 6.07) is 11.9. The number of rotatable bonds is 10. The van der Waals surface area contributed by atoms with E-state index in [0.717, 1.165) is 0 Å². The summed E-state index contributed by atoms with van der Waals surface area (Å²) in [6.45, 7) is 4.35. The number of hydrogen-bond donors (Lipinski definition) is 4. The predicted molar refractivity (Wildman–Crippen MR) is 127 cm³/mol. The van der Waals surface area contributed by atoms with Crippen LogP contribution in [-0.2, 0) is 0 Å². The lowest BCUT2D eigenvalue weighted by Crippen LogP contribution is -2.18. The fraction of sp³-hybridized carbons (Fsp3) is 0.167. The van der Waals surface area contributed by atoms with Gasteiger partial charge in [-0.25, -0.2) is 10.9 Å². The molecule has 11 nitrogen and oxygen atoms in total. The van der Waals surface area contributed by atoms with E-state index in [0.29, 0.717) is 35.8 Å². The minimum Gasteiger partial charge on any atom is -0.504 e. The van der Waals surface area contributed by atoms with Crippen molar-refractivity contribution in [2.24, 2.45) is 10.2 Å². The number of phenols is 2. The van der Waals surface area contributed by atoms with Crippen molar-refractivity contribution < 1.29 is 33.7 Å². The molecule has 2 aromatic carbocycles. The number of benzene rings is 2. The van der Waals surface area contributed by atoms with Gasteiger partial charge >= 0.3 is 11.8 Å². The second-order valence-corrected chi connectivity index (χ2v) is 6.88. The number of ether oxygens (including phenoxy) is 2. The summed E-state index contributed by atoms with van der Waals surface area (Å²) < 4.78 is 15.9. The zero-order valence-electron chi connectivity index (χ0n) is 19.0. The summed E-state index contributed by atoms with van der Waals surface area (Å²) in [5.74, 6) is -0.997. The molecule has 0 unspecified atom stereocenters. The molecular formula is C24H24N4O7. The summed E-state index contributed by atoms with van der Waals surface area (Å²) in [7, 11) is 0. The molecule has 11 heteroatoms. The van der Waals surface area contributed by atoms with E-state index in [-0.39, 0.29) is 23.0 Å². The van der Waals surface area contributed by atoms with E-state index in [1.54, 1.807) is 38.1 Å². The molecule has 0 atom stereocenters. The Morgan fingerprint density at radius 2 is 1.23 bits per heavy atom. The number of nitrogens with one attached hydrogen (secondary N) is 2. The standard InChI is InChI=1S/C24H24N4O7/c1-3-33-21-11-15(5-7-17(21)29)13-25-27-23(31)19-9-10-20(35-19)24(32)28-26-14-16-6-8-18(30)22(12-16)34-4-2/h5-14,29-30H,3-4H2,1-2H3,(H,27,31)(H,28,32). The number of hydrogen-bond acceptors (Lipinski definition) is 9. The van der Waals surface area contributed by atoms with Gasteiger partial charge in [0.2, 0.25) is 0 Å². The van der Waals surface area contributed by atoms with Crippen LogP contribution in [0.5, 0.6) is 23.0 Å². The zero-order chi connectivity index (χ0) is 25.2. The van der Waals surface area contributed by atoms with Crippen LogP contribution in [0.15, 0.2) is 63.2 Å². The summed E-state index contributed by atoms with van der Waals surface area (Å²) in [5, 5.41) is 27.1. The van der Waals surface area contributed by atoms with Gasteiger partial charge in [-0.05, 0) is 73.5 Å². The van der Waals surface area contributed by atoms with E-state index in [1.165, 1.54) is 36.7 Å². The molecule has 0 aliphatic heterocycles. The maximum Gasteiger partial charge on any atom is 0.307 e. The lowest BCUT2D eigenvalue weighted by molar-refractivity contribution is 0.0902. The molecule has 0 saturated heterocycles. The Bertz CT molecular complexity index is 1160. The van der Waals surface area contributed by atoms with Crippen LogP contribution in [0.3, 0.4) is 0 Å². The Morgan fingerprint density at radius 1 is 0.800 bits per heavy atom. The second kappa shape index (κ2) is 11.9. The van der Waals surface area contributed by atoms with Crippen molar-refractivity contribution in [3.05, 3.63) is 71.2 Å². The van der Waals surface area contributed by atoms with Crippen molar-refractivity contribution >= 4 is 24.2 Å². The molecule has 0 aliphatic carbocycles. The van der Waals surface area contributed by atoms with E-state index in [9.17, 15) is 19.8 Å². The van der Waals surface area contributed by atoms with Crippen LogP contribution >= 0.6 is 0 Å². The van der Waals surface area contributed by atoms with Crippen LogP contribution in [0.1, 0.15) is 46.1 Å². The van der Waals surface area contributed by atoms with Gasteiger partial charge in [0.1, 0.15) is 0 Å². The fourth-order valence-electron chi connectivity index (χ4n) is 2.79. The van der Waals surface area contributed by atoms with Gasteiger partial charge in [0.25, 0.3) is 0 Å². The van der Waals surface area contributed by atoms with E-state index < -0.39 is 11.8 Å². The lowest BCUT2D eigenvalue weighted by atomic mass is 10.2. The molecule has 1 heterocycles. The number of carbonyl (C=O) groups is 2. The number of phenolic OH excluding ortho intramolecular Hbond substituents is 2. The Hall–Kier alpha value is -4.80.